The normalized spacial score (nSPS) is 25.9. The minimum atomic E-state index is -0.858. The Hall–Kier alpha value is -2.37. The van der Waals surface area contributed by atoms with E-state index < -0.39 is 11.6 Å². The van der Waals surface area contributed by atoms with Gasteiger partial charge in [-0.1, -0.05) is 31.9 Å². The van der Waals surface area contributed by atoms with E-state index in [1.54, 1.807) is 13.1 Å². The summed E-state index contributed by atoms with van der Waals surface area (Å²) < 4.78 is 0. The lowest BCUT2D eigenvalue weighted by Gasteiger charge is -2.38. The van der Waals surface area contributed by atoms with Gasteiger partial charge in [0.15, 0.2) is 5.78 Å². The summed E-state index contributed by atoms with van der Waals surface area (Å²) >= 11 is 0. The second-order valence-corrected chi connectivity index (χ2v) is 6.92. The van der Waals surface area contributed by atoms with E-state index in [9.17, 15) is 14.4 Å². The zero-order chi connectivity index (χ0) is 18.6. The lowest BCUT2D eigenvalue weighted by atomic mass is 9.75. The van der Waals surface area contributed by atoms with Crippen LogP contribution in [0, 0.1) is 5.92 Å². The van der Waals surface area contributed by atoms with Crippen LogP contribution in [-0.2, 0) is 9.59 Å². The summed E-state index contributed by atoms with van der Waals surface area (Å²) in [4.78, 5) is 40.2. The zero-order valence-electron chi connectivity index (χ0n) is 15.0. The van der Waals surface area contributed by atoms with Gasteiger partial charge in [0.1, 0.15) is 5.54 Å². The molecule has 0 bridgehead atoms. The highest BCUT2D eigenvalue weighted by Gasteiger charge is 2.56. The van der Waals surface area contributed by atoms with Crippen LogP contribution in [0.1, 0.15) is 39.0 Å². The highest BCUT2D eigenvalue weighted by atomic mass is 16.2. The fourth-order valence-corrected chi connectivity index (χ4v) is 3.73. The molecule has 1 atom stereocenters. The second-order valence-electron chi connectivity index (χ2n) is 6.92. The maximum atomic E-state index is 13.0. The van der Waals surface area contributed by atoms with Crippen molar-refractivity contribution in [3.63, 3.8) is 0 Å². The molecule has 1 heterocycles. The Balaban J connectivity index is 2.13. The summed E-state index contributed by atoms with van der Waals surface area (Å²) in [6, 6.07) is -0.408. The lowest BCUT2D eigenvalue weighted by Crippen LogP contribution is -2.52. The van der Waals surface area contributed by atoms with Gasteiger partial charge in [-0.3, -0.25) is 14.5 Å². The molecule has 1 saturated heterocycles. The molecule has 2 rings (SSSR count). The average molecular weight is 345 g/mol. The number of nitrogens with two attached hydrogens (primary N) is 1. The van der Waals surface area contributed by atoms with Gasteiger partial charge in [-0.25, -0.2) is 4.79 Å². The summed E-state index contributed by atoms with van der Waals surface area (Å²) in [5, 5.41) is 0. The van der Waals surface area contributed by atoms with Gasteiger partial charge in [-0.05, 0) is 43.9 Å². The fraction of sp³-hybridized carbons (Fsp3) is 0.526. The predicted octanol–water partition coefficient (Wildman–Crippen LogP) is 2.37. The zero-order valence-corrected chi connectivity index (χ0v) is 15.0. The molecule has 2 N–H and O–H groups in total. The van der Waals surface area contributed by atoms with Crippen LogP contribution in [0.4, 0.5) is 4.79 Å². The van der Waals surface area contributed by atoms with Crippen molar-refractivity contribution in [1.82, 2.24) is 9.80 Å². The first kappa shape index (κ1) is 19.0. The number of hydrogen-bond donors (Lipinski definition) is 1. The molecule has 1 unspecified atom stereocenters. The van der Waals surface area contributed by atoms with E-state index in [2.05, 4.69) is 6.58 Å². The van der Waals surface area contributed by atoms with Crippen LogP contribution in [0.2, 0.25) is 0 Å². The number of imide groups is 1. The van der Waals surface area contributed by atoms with Crippen molar-refractivity contribution in [2.24, 2.45) is 11.7 Å². The molecule has 0 aromatic carbocycles. The number of carbonyl (C=O) groups excluding carboxylic acids is 3. The number of amides is 3. The number of carbonyl (C=O) groups is 3. The first-order valence-corrected chi connectivity index (χ1v) is 8.71. The van der Waals surface area contributed by atoms with Gasteiger partial charge in [0, 0.05) is 12.7 Å². The molecular formula is C19H27N3O3. The molecule has 6 heteroatoms. The van der Waals surface area contributed by atoms with Crippen LogP contribution in [0.3, 0.4) is 0 Å². The number of allylic oxidation sites excluding steroid dienone is 3. The topological polar surface area (TPSA) is 83.7 Å². The molecule has 0 radical (unpaired) electrons. The summed E-state index contributed by atoms with van der Waals surface area (Å²) in [6.45, 7) is 5.09. The van der Waals surface area contributed by atoms with Crippen molar-refractivity contribution in [3.05, 3.63) is 36.6 Å². The Bertz CT molecular complexity index is 632. The van der Waals surface area contributed by atoms with Crippen molar-refractivity contribution in [2.75, 3.05) is 13.6 Å². The quantitative estimate of drug-likeness (QED) is 0.455. The van der Waals surface area contributed by atoms with E-state index in [1.807, 2.05) is 6.92 Å². The van der Waals surface area contributed by atoms with Crippen molar-refractivity contribution in [1.29, 1.82) is 0 Å². The maximum Gasteiger partial charge on any atom is 0.327 e. The van der Waals surface area contributed by atoms with Crippen LogP contribution < -0.4 is 5.73 Å². The standard InChI is InChI=1S/C19H27N3O3/c1-4-8-15(20)11-12-16(23)13-22-17(24)19(2,21(3)18(22)25)14-9-6-5-7-10-14/h4,8,11-12,14H,1,5-7,9-10,13,20H2,2-3H3/b12-11+,15-8+. The van der Waals surface area contributed by atoms with Crippen LogP contribution in [0.25, 0.3) is 0 Å². The molecule has 2 fully saturated rings. The summed E-state index contributed by atoms with van der Waals surface area (Å²) in [5.41, 5.74) is 5.18. The summed E-state index contributed by atoms with van der Waals surface area (Å²) in [7, 11) is 1.65. The van der Waals surface area contributed by atoms with Gasteiger partial charge in [0.25, 0.3) is 5.91 Å². The van der Waals surface area contributed by atoms with Crippen LogP contribution in [0.15, 0.2) is 36.6 Å². The number of ketones is 1. The molecule has 0 spiro atoms. The number of likely N-dealkylation sites (N-methyl/N-ethyl adjacent to an activating group) is 1. The molecule has 0 aromatic heterocycles. The monoisotopic (exact) mass is 345 g/mol. The van der Waals surface area contributed by atoms with Gasteiger partial charge in [0.05, 0.1) is 6.54 Å². The van der Waals surface area contributed by atoms with Gasteiger partial charge in [0.2, 0.25) is 0 Å². The molecule has 1 aliphatic heterocycles. The van der Waals surface area contributed by atoms with Gasteiger partial charge < -0.3 is 10.6 Å². The minimum Gasteiger partial charge on any atom is -0.399 e. The van der Waals surface area contributed by atoms with E-state index >= 15 is 0 Å². The van der Waals surface area contributed by atoms with Crippen molar-refractivity contribution in [3.8, 4) is 0 Å². The number of rotatable bonds is 6. The smallest absolute Gasteiger partial charge is 0.327 e. The van der Waals surface area contributed by atoms with E-state index in [0.717, 1.165) is 30.6 Å². The molecule has 1 saturated carbocycles. The van der Waals surface area contributed by atoms with E-state index in [4.69, 9.17) is 5.73 Å². The molecule has 0 aromatic rings. The van der Waals surface area contributed by atoms with E-state index in [1.165, 1.54) is 29.5 Å². The maximum absolute atomic E-state index is 13.0. The molecule has 6 nitrogen and oxygen atoms in total. The Morgan fingerprint density at radius 2 is 1.92 bits per heavy atom. The predicted molar refractivity (Wildman–Crippen MR) is 96.5 cm³/mol. The van der Waals surface area contributed by atoms with Crippen LogP contribution >= 0.6 is 0 Å². The molecule has 3 amide bonds. The van der Waals surface area contributed by atoms with Crippen molar-refractivity contribution < 1.29 is 14.4 Å². The Morgan fingerprint density at radius 3 is 2.52 bits per heavy atom. The van der Waals surface area contributed by atoms with Gasteiger partial charge in [-0.2, -0.15) is 0 Å². The Labute approximate surface area is 149 Å². The first-order valence-electron chi connectivity index (χ1n) is 8.71. The fourth-order valence-electron chi connectivity index (χ4n) is 3.73. The molecular weight excluding hydrogens is 318 g/mol. The van der Waals surface area contributed by atoms with Gasteiger partial charge >= 0.3 is 6.03 Å². The Kier molecular flexibility index (Phi) is 5.82. The van der Waals surface area contributed by atoms with E-state index in [-0.39, 0.29) is 24.2 Å². The SMILES string of the molecule is C=C/C=C(N)\C=C\C(=O)CN1C(=O)N(C)C(C)(C2CCCCC2)C1=O. The molecule has 1 aliphatic carbocycles. The number of nitrogens with zero attached hydrogens (tertiary/aromatic N) is 2. The lowest BCUT2D eigenvalue weighted by molar-refractivity contribution is -0.137. The van der Waals surface area contributed by atoms with Crippen molar-refractivity contribution in [2.45, 2.75) is 44.6 Å². The third kappa shape index (κ3) is 3.67. The second kappa shape index (κ2) is 7.68. The first-order chi connectivity index (χ1) is 11.8. The number of hydrogen-bond acceptors (Lipinski definition) is 4. The third-order valence-electron chi connectivity index (χ3n) is 5.38. The summed E-state index contributed by atoms with van der Waals surface area (Å²) in [5.74, 6) is -0.476. The largest absolute Gasteiger partial charge is 0.399 e. The third-order valence-corrected chi connectivity index (χ3v) is 5.38. The summed E-state index contributed by atoms with van der Waals surface area (Å²) in [6.07, 6.45) is 11.0. The molecule has 25 heavy (non-hydrogen) atoms. The highest BCUT2D eigenvalue weighted by molar-refractivity contribution is 6.10. The molecule has 2 aliphatic rings. The highest BCUT2D eigenvalue weighted by Crippen LogP contribution is 2.40. The average Bonchev–Trinajstić information content (AvgIpc) is 2.77. The Morgan fingerprint density at radius 1 is 1.28 bits per heavy atom. The van der Waals surface area contributed by atoms with E-state index in [0.29, 0.717) is 5.70 Å². The van der Waals surface area contributed by atoms with Crippen LogP contribution in [-0.4, -0.2) is 46.7 Å². The molecule has 136 valence electrons. The minimum absolute atomic E-state index is 0.143. The number of urea groups is 1. The van der Waals surface area contributed by atoms with Crippen LogP contribution in [0.5, 0.6) is 0 Å². The van der Waals surface area contributed by atoms with Gasteiger partial charge in [-0.15, -0.1) is 0 Å². The van der Waals surface area contributed by atoms with Crippen molar-refractivity contribution >= 4 is 17.7 Å².